The Labute approximate surface area is 128 Å². The average molecular weight is 289 g/mol. The van der Waals surface area contributed by atoms with Gasteiger partial charge in [-0.05, 0) is 30.7 Å². The number of aryl methyl sites for hydroxylation is 1. The van der Waals surface area contributed by atoms with Crippen LogP contribution in [0.1, 0.15) is 25.8 Å². The number of piperazine rings is 1. The van der Waals surface area contributed by atoms with E-state index in [1.54, 1.807) is 0 Å². The zero-order valence-electron chi connectivity index (χ0n) is 13.3. The summed E-state index contributed by atoms with van der Waals surface area (Å²) in [4.78, 5) is 16.5. The molecule has 0 bridgehead atoms. The molecule has 4 heteroatoms. The van der Waals surface area contributed by atoms with Gasteiger partial charge in [0.05, 0.1) is 0 Å². The van der Waals surface area contributed by atoms with Crippen molar-refractivity contribution in [1.82, 2.24) is 9.80 Å². The second-order valence-electron chi connectivity index (χ2n) is 5.54. The summed E-state index contributed by atoms with van der Waals surface area (Å²) in [5, 5.41) is 3.33. The Morgan fingerprint density at radius 1 is 1.10 bits per heavy atom. The van der Waals surface area contributed by atoms with Crippen molar-refractivity contribution >= 4 is 11.6 Å². The van der Waals surface area contributed by atoms with Crippen molar-refractivity contribution in [2.75, 3.05) is 44.6 Å². The highest BCUT2D eigenvalue weighted by Gasteiger charge is 2.19. The molecular weight excluding hydrogens is 262 g/mol. The van der Waals surface area contributed by atoms with Gasteiger partial charge in [-0.25, -0.2) is 0 Å². The maximum atomic E-state index is 12.2. The largest absolute Gasteiger partial charge is 0.385 e. The van der Waals surface area contributed by atoms with Crippen LogP contribution in [0.25, 0.3) is 0 Å². The van der Waals surface area contributed by atoms with E-state index >= 15 is 0 Å². The van der Waals surface area contributed by atoms with Crippen LogP contribution in [0.15, 0.2) is 24.3 Å². The molecule has 1 saturated heterocycles. The normalized spacial score (nSPS) is 16.0. The molecule has 0 aromatic heterocycles. The Balaban J connectivity index is 1.69. The van der Waals surface area contributed by atoms with E-state index in [1.807, 2.05) is 4.90 Å². The van der Waals surface area contributed by atoms with Gasteiger partial charge in [-0.15, -0.1) is 0 Å². The second-order valence-corrected chi connectivity index (χ2v) is 5.54. The number of nitrogens with one attached hydrogen (secondary N) is 1. The highest BCUT2D eigenvalue weighted by atomic mass is 16.2. The maximum absolute atomic E-state index is 12.2. The predicted molar refractivity (Wildman–Crippen MR) is 87.6 cm³/mol. The molecule has 1 fully saturated rings. The number of hydrogen-bond acceptors (Lipinski definition) is 3. The molecule has 1 heterocycles. The van der Waals surface area contributed by atoms with Crippen LogP contribution in [0.2, 0.25) is 0 Å². The molecule has 0 saturated carbocycles. The Morgan fingerprint density at radius 2 is 1.76 bits per heavy atom. The molecular formula is C17H27N3O. The van der Waals surface area contributed by atoms with Crippen LogP contribution in [0.5, 0.6) is 0 Å². The van der Waals surface area contributed by atoms with Crippen LogP contribution in [-0.2, 0) is 11.2 Å². The lowest BCUT2D eigenvalue weighted by Crippen LogP contribution is -2.48. The summed E-state index contributed by atoms with van der Waals surface area (Å²) < 4.78 is 0. The van der Waals surface area contributed by atoms with Crippen LogP contribution >= 0.6 is 0 Å². The van der Waals surface area contributed by atoms with E-state index in [0.29, 0.717) is 13.0 Å². The van der Waals surface area contributed by atoms with E-state index in [4.69, 9.17) is 0 Å². The van der Waals surface area contributed by atoms with E-state index in [-0.39, 0.29) is 5.91 Å². The molecule has 0 radical (unpaired) electrons. The Bertz CT molecular complexity index is 436. The van der Waals surface area contributed by atoms with Crippen molar-refractivity contribution in [3.8, 4) is 0 Å². The van der Waals surface area contributed by atoms with Crippen LogP contribution < -0.4 is 5.32 Å². The van der Waals surface area contributed by atoms with Crippen molar-refractivity contribution in [2.24, 2.45) is 0 Å². The first-order valence-corrected chi connectivity index (χ1v) is 8.06. The summed E-state index contributed by atoms with van der Waals surface area (Å²) >= 11 is 0. The van der Waals surface area contributed by atoms with Gasteiger partial charge in [-0.3, -0.25) is 4.79 Å². The van der Waals surface area contributed by atoms with Gasteiger partial charge in [0.25, 0.3) is 0 Å². The van der Waals surface area contributed by atoms with Gasteiger partial charge in [0.15, 0.2) is 0 Å². The van der Waals surface area contributed by atoms with Crippen molar-refractivity contribution in [3.05, 3.63) is 29.8 Å². The summed E-state index contributed by atoms with van der Waals surface area (Å²) in [5.74, 6) is 0.267. The van der Waals surface area contributed by atoms with Gasteiger partial charge < -0.3 is 15.1 Å². The summed E-state index contributed by atoms with van der Waals surface area (Å²) in [5.41, 5.74) is 2.43. The van der Waals surface area contributed by atoms with Crippen molar-refractivity contribution in [3.63, 3.8) is 0 Å². The van der Waals surface area contributed by atoms with E-state index in [1.165, 1.54) is 5.56 Å². The molecule has 116 valence electrons. The molecule has 21 heavy (non-hydrogen) atoms. The summed E-state index contributed by atoms with van der Waals surface area (Å²) in [6.45, 7) is 9.87. The predicted octanol–water partition coefficient (Wildman–Crippen LogP) is 2.22. The Hall–Kier alpha value is -1.55. The molecule has 0 unspecified atom stereocenters. The quantitative estimate of drug-likeness (QED) is 0.872. The molecule has 1 N–H and O–H groups in total. The highest BCUT2D eigenvalue weighted by Crippen LogP contribution is 2.10. The maximum Gasteiger partial charge on any atom is 0.224 e. The van der Waals surface area contributed by atoms with Crippen LogP contribution in [0, 0.1) is 0 Å². The van der Waals surface area contributed by atoms with E-state index < -0.39 is 0 Å². The molecule has 1 aromatic rings. The van der Waals surface area contributed by atoms with Gasteiger partial charge in [0.1, 0.15) is 0 Å². The fourth-order valence-electron chi connectivity index (χ4n) is 2.64. The number of nitrogens with zero attached hydrogens (tertiary/aromatic N) is 2. The number of benzene rings is 1. The van der Waals surface area contributed by atoms with Gasteiger partial charge in [-0.1, -0.05) is 26.0 Å². The minimum Gasteiger partial charge on any atom is -0.385 e. The molecule has 1 aliphatic rings. The topological polar surface area (TPSA) is 35.6 Å². The smallest absolute Gasteiger partial charge is 0.224 e. The second kappa shape index (κ2) is 8.03. The number of carbonyl (C=O) groups excluding carboxylic acids is 1. The number of anilines is 1. The number of likely N-dealkylation sites (N-methyl/N-ethyl adjacent to an activating group) is 1. The summed E-state index contributed by atoms with van der Waals surface area (Å²) in [7, 11) is 0. The minimum atomic E-state index is 0.267. The lowest BCUT2D eigenvalue weighted by molar-refractivity contribution is -0.132. The van der Waals surface area contributed by atoms with Gasteiger partial charge >= 0.3 is 0 Å². The third kappa shape index (κ3) is 4.74. The van der Waals surface area contributed by atoms with Crippen LogP contribution in [-0.4, -0.2) is 55.0 Å². The van der Waals surface area contributed by atoms with Crippen LogP contribution in [0.3, 0.4) is 0 Å². The fourth-order valence-corrected chi connectivity index (χ4v) is 2.64. The molecule has 0 atom stereocenters. The monoisotopic (exact) mass is 289 g/mol. The Kier molecular flexibility index (Phi) is 6.05. The Morgan fingerprint density at radius 3 is 2.33 bits per heavy atom. The highest BCUT2D eigenvalue weighted by molar-refractivity contribution is 5.76. The van der Waals surface area contributed by atoms with Crippen molar-refractivity contribution in [2.45, 2.75) is 26.7 Å². The van der Waals surface area contributed by atoms with E-state index in [0.717, 1.165) is 44.8 Å². The van der Waals surface area contributed by atoms with Crippen molar-refractivity contribution in [1.29, 1.82) is 0 Å². The fraction of sp³-hybridized carbons (Fsp3) is 0.588. The first-order valence-electron chi connectivity index (χ1n) is 8.06. The first kappa shape index (κ1) is 15.8. The van der Waals surface area contributed by atoms with Gasteiger partial charge in [-0.2, -0.15) is 0 Å². The standard InChI is InChI=1S/C17H27N3O/c1-3-15-5-7-16(8-6-15)18-10-9-17(21)20-13-11-19(4-2)12-14-20/h5-8,18H,3-4,9-14H2,1-2H3. The first-order chi connectivity index (χ1) is 10.2. The number of amides is 1. The lowest BCUT2D eigenvalue weighted by Gasteiger charge is -2.34. The van der Waals surface area contributed by atoms with Gasteiger partial charge in [0, 0.05) is 44.8 Å². The van der Waals surface area contributed by atoms with Crippen molar-refractivity contribution < 1.29 is 4.79 Å². The number of rotatable bonds is 6. The van der Waals surface area contributed by atoms with E-state index in [2.05, 4.69) is 48.3 Å². The molecule has 4 nitrogen and oxygen atoms in total. The van der Waals surface area contributed by atoms with Crippen LogP contribution in [0.4, 0.5) is 5.69 Å². The van der Waals surface area contributed by atoms with Gasteiger partial charge in [0.2, 0.25) is 5.91 Å². The molecule has 1 aromatic carbocycles. The molecule has 1 aliphatic heterocycles. The molecule has 2 rings (SSSR count). The number of hydrogen-bond donors (Lipinski definition) is 1. The zero-order valence-corrected chi connectivity index (χ0v) is 13.3. The zero-order chi connectivity index (χ0) is 15.1. The molecule has 1 amide bonds. The minimum absolute atomic E-state index is 0.267. The average Bonchev–Trinajstić information content (AvgIpc) is 2.55. The third-order valence-corrected chi connectivity index (χ3v) is 4.20. The molecule has 0 spiro atoms. The summed E-state index contributed by atoms with van der Waals surface area (Å²) in [6, 6.07) is 8.44. The number of carbonyl (C=O) groups is 1. The summed E-state index contributed by atoms with van der Waals surface area (Å²) in [6.07, 6.45) is 1.63. The molecule has 0 aliphatic carbocycles. The third-order valence-electron chi connectivity index (χ3n) is 4.20. The van der Waals surface area contributed by atoms with E-state index in [9.17, 15) is 4.79 Å². The SMILES string of the molecule is CCc1ccc(NCCC(=O)N2CCN(CC)CC2)cc1. The lowest BCUT2D eigenvalue weighted by atomic mass is 10.1.